The van der Waals surface area contributed by atoms with Crippen molar-refractivity contribution < 1.29 is 0 Å². The van der Waals surface area contributed by atoms with Gasteiger partial charge < -0.3 is 18.9 Å². The monoisotopic (exact) mass is 1490 g/mol. The second kappa shape index (κ2) is 27.1. The third-order valence-electron chi connectivity index (χ3n) is 24.7. The Balaban J connectivity index is 0.980. The molecule has 5 heteroatoms. The number of nitrogens with zero attached hydrogens (tertiary/aromatic N) is 4. The number of para-hydroxylation sites is 6. The maximum absolute atomic E-state index is 2.74. The van der Waals surface area contributed by atoms with Gasteiger partial charge in [-0.25, -0.2) is 0 Å². The van der Waals surface area contributed by atoms with Crippen molar-refractivity contribution >= 4 is 101 Å². The molecule has 0 spiro atoms. The molecule has 562 valence electrons. The topological polar surface area (TPSA) is 16.3 Å². The lowest BCUT2D eigenvalue weighted by Gasteiger charge is -2.46. The molecule has 0 radical (unpaired) electrons. The largest absolute Gasteiger partial charge is 0.310 e. The van der Waals surface area contributed by atoms with Crippen LogP contribution in [0.1, 0.15) is 132 Å². The summed E-state index contributed by atoms with van der Waals surface area (Å²) in [4.78, 5) is 5.47. The highest BCUT2D eigenvalue weighted by atomic mass is 15.2. The summed E-state index contributed by atoms with van der Waals surface area (Å²) in [5.74, 6) is 0. The minimum atomic E-state index is -0.330. The molecular weight excluding hydrogens is 1390 g/mol. The average molecular weight is 1490 g/mol. The number of hydrogen-bond acceptors (Lipinski definition) is 2. The Bertz CT molecular complexity index is 6130. The molecule has 0 N–H and O–H groups in total. The van der Waals surface area contributed by atoms with Crippen LogP contribution in [0.15, 0.2) is 328 Å². The molecule has 0 saturated heterocycles. The van der Waals surface area contributed by atoms with E-state index in [1.165, 1.54) is 98.9 Å². The van der Waals surface area contributed by atoms with Gasteiger partial charge in [0, 0.05) is 77.9 Å². The van der Waals surface area contributed by atoms with Crippen LogP contribution in [0.5, 0.6) is 0 Å². The van der Waals surface area contributed by atoms with Gasteiger partial charge in [-0.15, -0.1) is 0 Å². The van der Waals surface area contributed by atoms with E-state index in [-0.39, 0.29) is 33.8 Å². The SMILES string of the molecule is CC(C)(C)c1ccc(-c2cccc(-c3ccc(C(C)(C)C)cc3)c2N2c3ccc(-c4cccc5c4c4ccccc4n5-c4ccccc4)cc3B3c4cc(-c5cccc6c5c5ccccc5n6-c5ccccc5)ccc4N(c4c(-c5ccc(C(C)(C)C)cc5)cccc4-c4ccc(C(C)(C)C)cc4)c4cc(C(C)(C)C)cc2c43)cc1. The standard InChI is InChI=1S/C110H99BN4/c1-106(2,3)76-56-46-70(47-57-76)85-38-26-39-86(71-48-58-77(59-49-71)107(4,5)6)104(85)114-95-64-54-74(83-36-28-44-97-101(83)89-34-22-24-42-93(89)112(97)81-30-18-16-19-31-81)66-91(95)111-92-67-75(84-37-29-45-98-102(84)90-35-23-25-43-94(90)113(98)82-32-20-17-21-33-82)55-65-96(92)115(100-69-80(110(13,14)15)68-99(114)103(100)111)105-87(72-50-60-78(61-51-72)108(7,8)9)40-27-41-88(105)73-52-62-79(63-53-73)109(10,11)12/h16-69H,1-15H3. The summed E-state index contributed by atoms with van der Waals surface area (Å²) in [7, 11) is 0. The van der Waals surface area contributed by atoms with Gasteiger partial charge in [0.25, 0.3) is 6.71 Å². The van der Waals surface area contributed by atoms with Crippen LogP contribution in [-0.4, -0.2) is 15.8 Å². The molecule has 0 saturated carbocycles. The fourth-order valence-corrected chi connectivity index (χ4v) is 18.6. The van der Waals surface area contributed by atoms with Crippen molar-refractivity contribution in [2.75, 3.05) is 9.80 Å². The summed E-state index contributed by atoms with van der Waals surface area (Å²) in [5.41, 5.74) is 37.4. The summed E-state index contributed by atoms with van der Waals surface area (Å²) in [6.45, 7) is 34.7. The Morgan fingerprint density at radius 3 is 0.817 bits per heavy atom. The molecule has 0 amide bonds. The first-order valence-corrected chi connectivity index (χ1v) is 41.2. The molecule has 15 aromatic carbocycles. The highest BCUT2D eigenvalue weighted by molar-refractivity contribution is 7.00. The third-order valence-corrected chi connectivity index (χ3v) is 24.7. The number of aromatic nitrogens is 2. The van der Waals surface area contributed by atoms with Crippen molar-refractivity contribution in [2.24, 2.45) is 0 Å². The van der Waals surface area contributed by atoms with E-state index < -0.39 is 0 Å². The maximum Gasteiger partial charge on any atom is 0.252 e. The molecule has 2 aromatic heterocycles. The van der Waals surface area contributed by atoms with E-state index >= 15 is 0 Å². The fraction of sp³-hybridized carbons (Fsp3) is 0.182. The number of benzene rings is 15. The molecule has 0 aliphatic carbocycles. The lowest BCUT2D eigenvalue weighted by Crippen LogP contribution is -2.61. The normalized spacial score (nSPS) is 13.1. The van der Waals surface area contributed by atoms with Gasteiger partial charge >= 0.3 is 0 Å². The molecule has 0 atom stereocenters. The molecule has 0 bridgehead atoms. The van der Waals surface area contributed by atoms with Crippen LogP contribution < -0.4 is 26.2 Å². The van der Waals surface area contributed by atoms with Gasteiger partial charge in [0.2, 0.25) is 0 Å². The van der Waals surface area contributed by atoms with Crippen LogP contribution in [0.2, 0.25) is 0 Å². The van der Waals surface area contributed by atoms with Crippen molar-refractivity contribution in [1.82, 2.24) is 9.13 Å². The zero-order valence-corrected chi connectivity index (χ0v) is 69.0. The Labute approximate surface area is 679 Å². The summed E-state index contributed by atoms with van der Waals surface area (Å²) in [6, 6.07) is 126. The van der Waals surface area contributed by atoms with Crippen LogP contribution in [0.4, 0.5) is 34.1 Å². The Morgan fingerprint density at radius 2 is 0.496 bits per heavy atom. The van der Waals surface area contributed by atoms with Crippen LogP contribution >= 0.6 is 0 Å². The average Bonchev–Trinajstić information content (AvgIpc) is 1.21. The summed E-state index contributed by atoms with van der Waals surface area (Å²) < 4.78 is 4.92. The quantitative estimate of drug-likeness (QED) is 0.127. The highest BCUT2D eigenvalue weighted by Gasteiger charge is 2.47. The minimum Gasteiger partial charge on any atom is -0.310 e. The van der Waals surface area contributed by atoms with Crippen molar-refractivity contribution in [3.63, 3.8) is 0 Å². The van der Waals surface area contributed by atoms with Crippen LogP contribution in [0.3, 0.4) is 0 Å². The fourth-order valence-electron chi connectivity index (χ4n) is 18.6. The van der Waals surface area contributed by atoms with Crippen LogP contribution in [0.25, 0.3) is 122 Å². The van der Waals surface area contributed by atoms with Gasteiger partial charge in [-0.3, -0.25) is 0 Å². The molecule has 4 nitrogen and oxygen atoms in total. The van der Waals surface area contributed by atoms with Crippen molar-refractivity contribution in [3.05, 3.63) is 355 Å². The molecule has 17 aromatic rings. The van der Waals surface area contributed by atoms with E-state index in [0.29, 0.717) is 0 Å². The van der Waals surface area contributed by atoms with E-state index in [1.54, 1.807) is 0 Å². The summed E-state index contributed by atoms with van der Waals surface area (Å²) in [6.07, 6.45) is 0. The summed E-state index contributed by atoms with van der Waals surface area (Å²) in [5, 5.41) is 4.89. The minimum absolute atomic E-state index is 0.0520. The molecule has 4 heterocycles. The van der Waals surface area contributed by atoms with Crippen molar-refractivity contribution in [3.8, 4) is 78.1 Å². The first kappa shape index (κ1) is 72.8. The number of rotatable bonds is 10. The molecule has 0 fully saturated rings. The second-order valence-electron chi connectivity index (χ2n) is 37.3. The number of fused-ring (bicyclic) bond motifs is 10. The van der Waals surface area contributed by atoms with E-state index in [2.05, 4.69) is 450 Å². The van der Waals surface area contributed by atoms with Gasteiger partial charge in [-0.2, -0.15) is 0 Å². The van der Waals surface area contributed by atoms with E-state index in [0.717, 1.165) is 101 Å². The molecule has 2 aliphatic rings. The van der Waals surface area contributed by atoms with Crippen LogP contribution in [-0.2, 0) is 27.1 Å². The molecule has 115 heavy (non-hydrogen) atoms. The number of hydrogen-bond donors (Lipinski definition) is 0. The smallest absolute Gasteiger partial charge is 0.252 e. The lowest BCUT2D eigenvalue weighted by atomic mass is 9.33. The Hall–Kier alpha value is -12.4. The zero-order chi connectivity index (χ0) is 79.4. The van der Waals surface area contributed by atoms with Gasteiger partial charge in [0.05, 0.1) is 33.4 Å². The molecular formula is C110H99BN4. The number of anilines is 6. The Morgan fingerprint density at radius 1 is 0.217 bits per heavy atom. The second-order valence-corrected chi connectivity index (χ2v) is 37.3. The van der Waals surface area contributed by atoms with Gasteiger partial charge in [0.1, 0.15) is 0 Å². The predicted octanol–water partition coefficient (Wildman–Crippen LogP) is 28.5. The first-order valence-electron chi connectivity index (χ1n) is 41.2. The van der Waals surface area contributed by atoms with Crippen LogP contribution in [0, 0.1) is 0 Å². The van der Waals surface area contributed by atoms with E-state index in [1.807, 2.05) is 0 Å². The van der Waals surface area contributed by atoms with Gasteiger partial charge in [-0.05, 0) is 189 Å². The Kier molecular flexibility index (Phi) is 17.2. The molecule has 2 aliphatic heterocycles. The van der Waals surface area contributed by atoms with Crippen molar-refractivity contribution in [1.29, 1.82) is 0 Å². The third kappa shape index (κ3) is 12.3. The molecule has 19 rings (SSSR count). The predicted molar refractivity (Wildman–Crippen MR) is 495 cm³/mol. The van der Waals surface area contributed by atoms with Gasteiger partial charge in [-0.1, -0.05) is 359 Å². The van der Waals surface area contributed by atoms with E-state index in [4.69, 9.17) is 0 Å². The van der Waals surface area contributed by atoms with Crippen molar-refractivity contribution in [2.45, 2.75) is 131 Å². The molecule has 0 unspecified atom stereocenters. The highest BCUT2D eigenvalue weighted by Crippen LogP contribution is 2.55. The maximum atomic E-state index is 2.74. The summed E-state index contributed by atoms with van der Waals surface area (Å²) >= 11 is 0. The first-order chi connectivity index (χ1) is 55.2. The zero-order valence-electron chi connectivity index (χ0n) is 69.0. The lowest BCUT2D eigenvalue weighted by molar-refractivity contribution is 0.590. The van der Waals surface area contributed by atoms with Gasteiger partial charge in [0.15, 0.2) is 0 Å². The van der Waals surface area contributed by atoms with E-state index in [9.17, 15) is 0 Å².